The van der Waals surface area contributed by atoms with E-state index >= 15 is 0 Å². The van der Waals surface area contributed by atoms with Gasteiger partial charge in [0.25, 0.3) is 0 Å². The minimum absolute atomic E-state index is 0.291. The molecule has 2 bridgehead atoms. The van der Waals surface area contributed by atoms with Crippen LogP contribution in [0, 0.1) is 39.9 Å². The summed E-state index contributed by atoms with van der Waals surface area (Å²) in [6.07, 6.45) is 11.2. The van der Waals surface area contributed by atoms with Crippen LogP contribution in [0.1, 0.15) is 85.5 Å². The fourth-order valence-electron chi connectivity index (χ4n) is 8.54. The lowest BCUT2D eigenvalue weighted by molar-refractivity contribution is -0.195. The van der Waals surface area contributed by atoms with Crippen LogP contribution in [-0.2, 0) is 0 Å². The molecule has 4 saturated carbocycles. The van der Waals surface area contributed by atoms with Crippen molar-refractivity contribution in [2.24, 2.45) is 39.9 Å². The summed E-state index contributed by atoms with van der Waals surface area (Å²) in [5.41, 5.74) is 0.752. The number of hydrogen-bond donors (Lipinski definition) is 2. The van der Waals surface area contributed by atoms with Crippen LogP contribution in [0.25, 0.3) is 0 Å². The normalized spacial score (nSPS) is 59.8. The van der Waals surface area contributed by atoms with E-state index in [9.17, 15) is 10.2 Å². The van der Waals surface area contributed by atoms with Gasteiger partial charge < -0.3 is 10.2 Å². The first kappa shape index (κ1) is 17.3. The maximum Gasteiger partial charge on any atom is 0.0648 e. The molecule has 4 rings (SSSR count). The lowest BCUT2D eigenvalue weighted by atomic mass is 9.37. The van der Waals surface area contributed by atoms with E-state index in [1.54, 1.807) is 0 Å². The quantitative estimate of drug-likeness (QED) is 0.763. The molecule has 1 spiro atoms. The van der Waals surface area contributed by atoms with Crippen LogP contribution in [0.5, 0.6) is 0 Å². The van der Waals surface area contributed by atoms with Crippen molar-refractivity contribution in [3.05, 3.63) is 0 Å². The minimum atomic E-state index is -0.426. The van der Waals surface area contributed by atoms with Gasteiger partial charge in [-0.15, -0.1) is 0 Å². The Morgan fingerprint density at radius 1 is 0.958 bits per heavy atom. The molecular formula is C22H38O2. The fraction of sp³-hybridized carbons (Fsp3) is 1.00. The van der Waals surface area contributed by atoms with Gasteiger partial charge >= 0.3 is 0 Å². The van der Waals surface area contributed by atoms with E-state index < -0.39 is 5.60 Å². The zero-order chi connectivity index (χ0) is 17.4. The molecule has 0 aliphatic heterocycles. The molecule has 0 saturated heterocycles. The number of aliphatic hydroxyl groups is 2. The lowest BCUT2D eigenvalue weighted by Crippen LogP contribution is -2.61. The molecule has 4 aliphatic carbocycles. The maximum atomic E-state index is 10.9. The second-order valence-electron chi connectivity index (χ2n) is 10.7. The van der Waals surface area contributed by atoms with Gasteiger partial charge in [0, 0.05) is 6.61 Å². The Hall–Kier alpha value is -0.0800. The van der Waals surface area contributed by atoms with Crippen LogP contribution in [0.15, 0.2) is 0 Å². The van der Waals surface area contributed by atoms with Crippen molar-refractivity contribution in [3.8, 4) is 0 Å². The first-order valence-electron chi connectivity index (χ1n) is 10.6. The van der Waals surface area contributed by atoms with Crippen molar-refractivity contribution in [2.45, 2.75) is 91.1 Å². The van der Waals surface area contributed by atoms with Crippen LogP contribution < -0.4 is 0 Å². The molecule has 138 valence electrons. The summed E-state index contributed by atoms with van der Waals surface area (Å²) in [4.78, 5) is 0. The number of rotatable bonds is 2. The Morgan fingerprint density at radius 2 is 1.71 bits per heavy atom. The average molecular weight is 335 g/mol. The van der Waals surface area contributed by atoms with Gasteiger partial charge in [-0.2, -0.15) is 0 Å². The van der Waals surface area contributed by atoms with Crippen molar-refractivity contribution >= 4 is 0 Å². The van der Waals surface area contributed by atoms with Crippen LogP contribution in [-0.4, -0.2) is 22.4 Å². The van der Waals surface area contributed by atoms with Gasteiger partial charge in [-0.25, -0.2) is 0 Å². The third-order valence-corrected chi connectivity index (χ3v) is 10.4. The zero-order valence-corrected chi connectivity index (χ0v) is 16.3. The molecule has 0 aromatic rings. The molecule has 0 heterocycles. The van der Waals surface area contributed by atoms with Gasteiger partial charge in [0.15, 0.2) is 0 Å². The van der Waals surface area contributed by atoms with Crippen LogP contribution in [0.4, 0.5) is 0 Å². The highest BCUT2D eigenvalue weighted by Crippen LogP contribution is 2.76. The molecule has 0 aromatic heterocycles. The highest BCUT2D eigenvalue weighted by molar-refractivity contribution is 5.18. The molecule has 0 radical (unpaired) electrons. The second kappa shape index (κ2) is 5.22. The summed E-state index contributed by atoms with van der Waals surface area (Å²) in [5.74, 6) is 2.59. The average Bonchev–Trinajstić information content (AvgIpc) is 2.90. The summed E-state index contributed by atoms with van der Waals surface area (Å²) in [7, 11) is 0. The highest BCUT2D eigenvalue weighted by Gasteiger charge is 2.69. The Morgan fingerprint density at radius 3 is 2.38 bits per heavy atom. The molecule has 2 heteroatoms. The van der Waals surface area contributed by atoms with Crippen molar-refractivity contribution in [1.82, 2.24) is 0 Å². The number of fused-ring (bicyclic) bond motifs is 2. The smallest absolute Gasteiger partial charge is 0.0648 e. The topological polar surface area (TPSA) is 40.5 Å². The molecule has 8 atom stereocenters. The fourth-order valence-corrected chi connectivity index (χ4v) is 8.54. The lowest BCUT2D eigenvalue weighted by Gasteiger charge is -2.67. The molecule has 4 fully saturated rings. The third-order valence-electron chi connectivity index (χ3n) is 10.4. The van der Waals surface area contributed by atoms with Crippen molar-refractivity contribution < 1.29 is 10.2 Å². The summed E-state index contributed by atoms with van der Waals surface area (Å²) in [6.45, 7) is 9.92. The van der Waals surface area contributed by atoms with E-state index in [-0.39, 0.29) is 0 Å². The van der Waals surface area contributed by atoms with E-state index in [1.165, 1.54) is 51.4 Å². The van der Waals surface area contributed by atoms with Gasteiger partial charge in [0.05, 0.1) is 5.60 Å². The zero-order valence-electron chi connectivity index (χ0n) is 16.3. The van der Waals surface area contributed by atoms with E-state index in [1.807, 2.05) is 0 Å². The number of hydrogen-bond acceptors (Lipinski definition) is 2. The van der Waals surface area contributed by atoms with Crippen LogP contribution in [0.2, 0.25) is 0 Å². The Balaban J connectivity index is 1.75. The number of aliphatic hydroxyl groups excluding tert-OH is 1. The standard InChI is InChI=1S/C22H38O2/c1-5-19(2)16(14-23)8-9-20(3)18(19)7-6-15-12-17-13-22(15,20)11-10-21(17,4)24/h15-18,23-24H,5-14H2,1-4H3/t15-,16?,17+,18?,19?,20-,21?,22?/m0/s1. The van der Waals surface area contributed by atoms with Crippen molar-refractivity contribution in [2.75, 3.05) is 6.61 Å². The molecule has 2 nitrogen and oxygen atoms in total. The van der Waals surface area contributed by atoms with Gasteiger partial charge in [-0.05, 0) is 98.2 Å². The predicted molar refractivity (Wildman–Crippen MR) is 97.5 cm³/mol. The van der Waals surface area contributed by atoms with E-state index in [0.29, 0.717) is 34.7 Å². The van der Waals surface area contributed by atoms with Crippen LogP contribution in [0.3, 0.4) is 0 Å². The van der Waals surface area contributed by atoms with E-state index in [4.69, 9.17) is 0 Å². The van der Waals surface area contributed by atoms with E-state index in [0.717, 1.165) is 18.3 Å². The summed E-state index contributed by atoms with van der Waals surface area (Å²) in [6, 6.07) is 0. The van der Waals surface area contributed by atoms with E-state index in [2.05, 4.69) is 27.7 Å². The first-order valence-corrected chi connectivity index (χ1v) is 10.6. The molecule has 24 heavy (non-hydrogen) atoms. The van der Waals surface area contributed by atoms with Gasteiger partial charge in [0.1, 0.15) is 0 Å². The third kappa shape index (κ3) is 1.91. The predicted octanol–water partition coefficient (Wildman–Crippen LogP) is 4.78. The summed E-state index contributed by atoms with van der Waals surface area (Å²) < 4.78 is 0. The van der Waals surface area contributed by atoms with Gasteiger partial charge in [-0.1, -0.05) is 27.2 Å². The molecule has 0 aromatic carbocycles. The SMILES string of the molecule is CCC1(C)C(CO)CC[C@@]2(C)C1CC[C@H]1C[C@@H]3CC12CCC3(C)O. The second-order valence-corrected chi connectivity index (χ2v) is 10.7. The van der Waals surface area contributed by atoms with Crippen LogP contribution >= 0.6 is 0 Å². The van der Waals surface area contributed by atoms with Gasteiger partial charge in [0.2, 0.25) is 0 Å². The minimum Gasteiger partial charge on any atom is -0.396 e. The Bertz CT molecular complexity index is 514. The maximum absolute atomic E-state index is 10.9. The summed E-state index contributed by atoms with van der Waals surface area (Å²) >= 11 is 0. The Labute approximate surface area is 148 Å². The monoisotopic (exact) mass is 334 g/mol. The molecule has 5 unspecified atom stereocenters. The summed E-state index contributed by atoms with van der Waals surface area (Å²) in [5, 5.41) is 20.9. The molecule has 0 amide bonds. The highest BCUT2D eigenvalue weighted by atomic mass is 16.3. The molecule has 2 N–H and O–H groups in total. The van der Waals surface area contributed by atoms with Crippen molar-refractivity contribution in [3.63, 3.8) is 0 Å². The van der Waals surface area contributed by atoms with Gasteiger partial charge in [-0.3, -0.25) is 0 Å². The molecule has 4 aliphatic rings. The Kier molecular flexibility index (Phi) is 3.77. The largest absolute Gasteiger partial charge is 0.396 e. The van der Waals surface area contributed by atoms with Crippen molar-refractivity contribution in [1.29, 1.82) is 0 Å². The molecular weight excluding hydrogens is 296 g/mol. The first-order chi connectivity index (χ1) is 11.2.